The highest BCUT2D eigenvalue weighted by atomic mass is 14.7. The maximum absolute atomic E-state index is 5.03. The van der Waals surface area contributed by atoms with Crippen LogP contribution in [0.1, 0.15) is 0 Å². The van der Waals surface area contributed by atoms with Crippen molar-refractivity contribution in [1.82, 2.24) is 4.98 Å². The van der Waals surface area contributed by atoms with Crippen LogP contribution in [0.15, 0.2) is 78.9 Å². The summed E-state index contributed by atoms with van der Waals surface area (Å²) in [5, 5.41) is 7.30. The number of fused-ring (bicyclic) bond motifs is 6. The predicted molar refractivity (Wildman–Crippen MR) is 94.3 cm³/mol. The van der Waals surface area contributed by atoms with E-state index >= 15 is 0 Å². The summed E-state index contributed by atoms with van der Waals surface area (Å²) in [6.07, 6.45) is 0. The number of pyridine rings is 1. The fraction of sp³-hybridized carbons (Fsp3) is 0. The average molecular weight is 279 g/mol. The Kier molecular flexibility index (Phi) is 2.28. The maximum atomic E-state index is 5.03. The monoisotopic (exact) mass is 279 g/mol. The van der Waals surface area contributed by atoms with Gasteiger partial charge in [0.25, 0.3) is 0 Å². The summed E-state index contributed by atoms with van der Waals surface area (Å²) in [6, 6.07) is 27.8. The third-order valence-electron chi connectivity index (χ3n) is 4.40. The van der Waals surface area contributed by atoms with Crippen molar-refractivity contribution in [3.8, 4) is 0 Å². The molecule has 1 heteroatoms. The van der Waals surface area contributed by atoms with E-state index in [0.717, 1.165) is 11.0 Å². The first-order valence-corrected chi connectivity index (χ1v) is 7.50. The van der Waals surface area contributed by atoms with Gasteiger partial charge in [-0.3, -0.25) is 0 Å². The largest absolute Gasteiger partial charge is 0.246 e. The summed E-state index contributed by atoms with van der Waals surface area (Å²) >= 11 is 0. The predicted octanol–water partition coefficient (Wildman–Crippen LogP) is 5.69. The van der Waals surface area contributed by atoms with Crippen LogP contribution in [0.2, 0.25) is 0 Å². The lowest BCUT2D eigenvalue weighted by atomic mass is 10.0. The molecule has 0 fully saturated rings. The second-order valence-electron chi connectivity index (χ2n) is 5.71. The highest BCUT2D eigenvalue weighted by molar-refractivity contribution is 6.13. The van der Waals surface area contributed by atoms with Crippen molar-refractivity contribution >= 4 is 43.4 Å². The summed E-state index contributed by atoms with van der Waals surface area (Å²) in [6.45, 7) is 0. The van der Waals surface area contributed by atoms with Gasteiger partial charge in [0.15, 0.2) is 0 Å². The van der Waals surface area contributed by atoms with Crippen molar-refractivity contribution in [2.45, 2.75) is 0 Å². The van der Waals surface area contributed by atoms with E-state index in [9.17, 15) is 0 Å². The van der Waals surface area contributed by atoms with Gasteiger partial charge in [0, 0.05) is 21.5 Å². The lowest BCUT2D eigenvalue weighted by Gasteiger charge is -2.07. The Bertz CT molecular complexity index is 1080. The molecule has 0 saturated carbocycles. The van der Waals surface area contributed by atoms with Crippen molar-refractivity contribution in [2.75, 3.05) is 0 Å². The number of aromatic nitrogens is 1. The molecule has 0 bridgehead atoms. The van der Waals surface area contributed by atoms with Crippen LogP contribution < -0.4 is 0 Å². The van der Waals surface area contributed by atoms with Gasteiger partial charge in [-0.2, -0.15) is 0 Å². The molecule has 4 aromatic carbocycles. The second-order valence-corrected chi connectivity index (χ2v) is 5.71. The first kappa shape index (κ1) is 11.7. The average Bonchev–Trinajstić information content (AvgIpc) is 2.60. The molecule has 102 valence electrons. The molecule has 1 aromatic heterocycles. The molecule has 0 amide bonds. The van der Waals surface area contributed by atoms with Gasteiger partial charge >= 0.3 is 0 Å². The van der Waals surface area contributed by atoms with Crippen LogP contribution in [0.5, 0.6) is 0 Å². The van der Waals surface area contributed by atoms with Crippen molar-refractivity contribution in [3.63, 3.8) is 0 Å². The third kappa shape index (κ3) is 1.57. The van der Waals surface area contributed by atoms with E-state index in [-0.39, 0.29) is 0 Å². The van der Waals surface area contributed by atoms with E-state index in [0.29, 0.717) is 0 Å². The van der Waals surface area contributed by atoms with Gasteiger partial charge in [0.05, 0.1) is 11.0 Å². The van der Waals surface area contributed by atoms with Gasteiger partial charge in [-0.1, -0.05) is 72.8 Å². The smallest absolute Gasteiger partial charge is 0.0788 e. The Labute approximate surface area is 127 Å². The van der Waals surface area contributed by atoms with E-state index in [2.05, 4.69) is 78.9 Å². The minimum absolute atomic E-state index is 1.09. The SMILES string of the molecule is c1ccc2c(c1)ccc1cc3ccc4ccccc4c3nc12. The number of hydrogen-bond acceptors (Lipinski definition) is 1. The Balaban J connectivity index is 2.05. The molecule has 0 aliphatic heterocycles. The van der Waals surface area contributed by atoms with E-state index < -0.39 is 0 Å². The summed E-state index contributed by atoms with van der Waals surface area (Å²) < 4.78 is 0. The molecule has 5 rings (SSSR count). The molecule has 0 aliphatic carbocycles. The molecule has 0 aliphatic rings. The van der Waals surface area contributed by atoms with Gasteiger partial charge < -0.3 is 0 Å². The molecular weight excluding hydrogens is 266 g/mol. The van der Waals surface area contributed by atoms with Crippen molar-refractivity contribution < 1.29 is 0 Å². The van der Waals surface area contributed by atoms with Gasteiger partial charge in [-0.15, -0.1) is 0 Å². The number of hydrogen-bond donors (Lipinski definition) is 0. The first-order valence-electron chi connectivity index (χ1n) is 7.50. The lowest BCUT2D eigenvalue weighted by Crippen LogP contribution is -1.86. The minimum Gasteiger partial charge on any atom is -0.246 e. The fourth-order valence-corrected chi connectivity index (χ4v) is 3.31. The zero-order valence-corrected chi connectivity index (χ0v) is 12.0. The highest BCUT2D eigenvalue weighted by Gasteiger charge is 2.06. The van der Waals surface area contributed by atoms with Crippen LogP contribution in [-0.4, -0.2) is 4.98 Å². The van der Waals surface area contributed by atoms with Crippen molar-refractivity contribution in [2.24, 2.45) is 0 Å². The third-order valence-corrected chi connectivity index (χ3v) is 4.40. The minimum atomic E-state index is 1.09. The standard InChI is InChI=1S/C21H13N/c1-3-7-18-14(5-1)9-11-16-13-17-12-10-15-6-2-4-8-19(15)21(17)22-20(16)18/h1-13H. The van der Waals surface area contributed by atoms with E-state index in [1.54, 1.807) is 0 Å². The molecule has 0 unspecified atom stereocenters. The summed E-state index contributed by atoms with van der Waals surface area (Å²) in [5.41, 5.74) is 2.17. The van der Waals surface area contributed by atoms with E-state index in [4.69, 9.17) is 4.98 Å². The molecule has 0 saturated heterocycles. The molecule has 0 N–H and O–H groups in total. The summed E-state index contributed by atoms with van der Waals surface area (Å²) in [4.78, 5) is 5.03. The van der Waals surface area contributed by atoms with Crippen LogP contribution in [-0.2, 0) is 0 Å². The molecule has 5 aromatic rings. The molecule has 1 nitrogen and oxygen atoms in total. The summed E-state index contributed by atoms with van der Waals surface area (Å²) in [5.74, 6) is 0. The molecule has 0 spiro atoms. The highest BCUT2D eigenvalue weighted by Crippen LogP contribution is 2.30. The number of rotatable bonds is 0. The molecule has 0 atom stereocenters. The molecular formula is C21H13N. The Morgan fingerprint density at radius 3 is 1.45 bits per heavy atom. The van der Waals surface area contributed by atoms with Gasteiger partial charge in [-0.25, -0.2) is 4.98 Å². The Hall–Kier alpha value is -2.93. The van der Waals surface area contributed by atoms with Crippen LogP contribution in [0.25, 0.3) is 43.4 Å². The van der Waals surface area contributed by atoms with Crippen LogP contribution in [0.3, 0.4) is 0 Å². The van der Waals surface area contributed by atoms with Crippen LogP contribution >= 0.6 is 0 Å². The second kappa shape index (κ2) is 4.28. The maximum Gasteiger partial charge on any atom is 0.0788 e. The zero-order chi connectivity index (χ0) is 14.5. The fourth-order valence-electron chi connectivity index (χ4n) is 3.31. The first-order chi connectivity index (χ1) is 10.9. The van der Waals surface area contributed by atoms with Gasteiger partial charge in [-0.05, 0) is 16.8 Å². The van der Waals surface area contributed by atoms with Gasteiger partial charge in [0.2, 0.25) is 0 Å². The number of nitrogens with zero attached hydrogens (tertiary/aromatic N) is 1. The lowest BCUT2D eigenvalue weighted by molar-refractivity contribution is 1.53. The topological polar surface area (TPSA) is 12.9 Å². The normalized spacial score (nSPS) is 11.6. The molecule has 0 radical (unpaired) electrons. The van der Waals surface area contributed by atoms with Crippen molar-refractivity contribution in [1.29, 1.82) is 0 Å². The molecule has 22 heavy (non-hydrogen) atoms. The van der Waals surface area contributed by atoms with E-state index in [1.807, 2.05) is 0 Å². The van der Waals surface area contributed by atoms with Crippen molar-refractivity contribution in [3.05, 3.63) is 78.9 Å². The Morgan fingerprint density at radius 1 is 0.455 bits per heavy atom. The summed E-state index contributed by atoms with van der Waals surface area (Å²) in [7, 11) is 0. The molecule has 1 heterocycles. The van der Waals surface area contributed by atoms with Crippen LogP contribution in [0, 0.1) is 0 Å². The van der Waals surface area contributed by atoms with Crippen LogP contribution in [0.4, 0.5) is 0 Å². The van der Waals surface area contributed by atoms with Gasteiger partial charge in [0.1, 0.15) is 0 Å². The Morgan fingerprint density at radius 2 is 0.909 bits per heavy atom. The van der Waals surface area contributed by atoms with E-state index in [1.165, 1.54) is 32.3 Å². The number of benzene rings is 4. The zero-order valence-electron chi connectivity index (χ0n) is 12.0. The quantitative estimate of drug-likeness (QED) is 0.262.